The number of aliphatic hydroxyl groups excluding tert-OH is 1. The molecule has 0 aliphatic carbocycles. The quantitative estimate of drug-likeness (QED) is 0.425. The monoisotopic (exact) mass is 552 g/mol. The largest absolute Gasteiger partial charge is 0.391 e. The van der Waals surface area contributed by atoms with E-state index in [1.807, 2.05) is 91.2 Å². The number of likely N-dealkylation sites (tertiary alicyclic amines) is 1. The van der Waals surface area contributed by atoms with E-state index in [0.717, 1.165) is 27.4 Å². The highest BCUT2D eigenvalue weighted by Gasteiger charge is 2.46. The molecule has 2 amide bonds. The van der Waals surface area contributed by atoms with Crippen LogP contribution in [0.3, 0.4) is 0 Å². The van der Waals surface area contributed by atoms with Gasteiger partial charge in [0.1, 0.15) is 17.7 Å². The van der Waals surface area contributed by atoms with Gasteiger partial charge in [0, 0.05) is 24.4 Å². The molecule has 4 rings (SSSR count). The highest BCUT2D eigenvalue weighted by Crippen LogP contribution is 2.40. The number of hydrogen-bond acceptors (Lipinski definition) is 7. The molecular formula is C30H40N4O4S. The van der Waals surface area contributed by atoms with Crippen molar-refractivity contribution in [3.63, 3.8) is 0 Å². The number of β-amino-alcohol motifs (C(OH)–C–C–N with tert-alkyl or cyclic N) is 1. The number of aromatic nitrogens is 2. The smallest absolute Gasteiger partial charge is 0.243 e. The lowest BCUT2D eigenvalue weighted by atomic mass is 9.77. The Morgan fingerprint density at radius 1 is 1.15 bits per heavy atom. The third-order valence-corrected chi connectivity index (χ3v) is 8.31. The summed E-state index contributed by atoms with van der Waals surface area (Å²) in [5, 5.41) is 17.8. The van der Waals surface area contributed by atoms with Gasteiger partial charge >= 0.3 is 0 Å². The molecule has 0 spiro atoms. The topological polar surface area (TPSA) is 109 Å². The maximum atomic E-state index is 14.0. The maximum absolute atomic E-state index is 14.0. The fourth-order valence-corrected chi connectivity index (χ4v) is 5.88. The Bertz CT molecular complexity index is 1320. The van der Waals surface area contributed by atoms with Crippen LogP contribution in [-0.4, -0.2) is 50.7 Å². The zero-order valence-corrected chi connectivity index (χ0v) is 24.9. The van der Waals surface area contributed by atoms with Gasteiger partial charge in [0.2, 0.25) is 11.8 Å². The van der Waals surface area contributed by atoms with Crippen molar-refractivity contribution in [1.82, 2.24) is 20.4 Å². The summed E-state index contributed by atoms with van der Waals surface area (Å²) in [6.45, 7) is 16.0. The summed E-state index contributed by atoms with van der Waals surface area (Å²) in [6.07, 6.45) is -0.587. The molecule has 4 unspecified atom stereocenters. The third kappa shape index (κ3) is 6.25. The van der Waals surface area contributed by atoms with E-state index in [4.69, 9.17) is 4.52 Å². The minimum absolute atomic E-state index is 0.0983. The Balaban J connectivity index is 1.52. The first kappa shape index (κ1) is 29.0. The number of hydrogen-bond donors (Lipinski definition) is 2. The molecule has 0 saturated carbocycles. The molecule has 9 heteroatoms. The lowest BCUT2D eigenvalue weighted by Gasteiger charge is -2.33. The van der Waals surface area contributed by atoms with Gasteiger partial charge in [0.25, 0.3) is 0 Å². The second kappa shape index (κ2) is 10.8. The Hall–Kier alpha value is -3.04. The van der Waals surface area contributed by atoms with E-state index in [0.29, 0.717) is 5.76 Å². The summed E-state index contributed by atoms with van der Waals surface area (Å²) in [5.74, 6) is -0.701. The molecule has 39 heavy (non-hydrogen) atoms. The number of nitrogens with zero attached hydrogens (tertiary/aromatic N) is 3. The van der Waals surface area contributed by atoms with E-state index in [-0.39, 0.29) is 36.2 Å². The molecule has 1 aliphatic heterocycles. The van der Waals surface area contributed by atoms with Crippen molar-refractivity contribution in [3.05, 3.63) is 58.6 Å². The van der Waals surface area contributed by atoms with Crippen LogP contribution in [0.5, 0.6) is 0 Å². The fourth-order valence-electron chi connectivity index (χ4n) is 5.06. The molecule has 8 nitrogen and oxygen atoms in total. The van der Waals surface area contributed by atoms with Gasteiger partial charge in [-0.25, -0.2) is 4.98 Å². The molecule has 1 fully saturated rings. The summed E-state index contributed by atoms with van der Waals surface area (Å²) in [5.41, 5.74) is 4.91. The zero-order valence-electron chi connectivity index (χ0n) is 24.1. The van der Waals surface area contributed by atoms with Crippen LogP contribution in [-0.2, 0) is 15.0 Å². The molecule has 3 heterocycles. The molecule has 2 N–H and O–H groups in total. The molecule has 0 bridgehead atoms. The van der Waals surface area contributed by atoms with Crippen LogP contribution < -0.4 is 5.32 Å². The van der Waals surface area contributed by atoms with Crippen LogP contribution in [0.15, 0.2) is 40.4 Å². The SMILES string of the molecule is Cc1ncsc1-c1ccc(C(C)NC(=O)C2CC(O)CN2C(=O)C(c2cc(C(C)(C)C)no2)C(C)(C)C)cc1. The van der Waals surface area contributed by atoms with Gasteiger partial charge in [-0.1, -0.05) is 71.0 Å². The highest BCUT2D eigenvalue weighted by atomic mass is 32.1. The van der Waals surface area contributed by atoms with Crippen molar-refractivity contribution >= 4 is 23.2 Å². The number of amides is 2. The Kier molecular flexibility index (Phi) is 8.06. The predicted octanol–water partition coefficient (Wildman–Crippen LogP) is 5.37. The van der Waals surface area contributed by atoms with Gasteiger partial charge in [0.05, 0.1) is 33.9 Å². The minimum atomic E-state index is -0.776. The van der Waals surface area contributed by atoms with Crippen molar-refractivity contribution in [2.75, 3.05) is 6.54 Å². The number of nitrogens with one attached hydrogen (secondary N) is 1. The van der Waals surface area contributed by atoms with E-state index in [1.165, 1.54) is 4.90 Å². The first-order valence-corrected chi connectivity index (χ1v) is 14.3. The average molecular weight is 553 g/mol. The molecule has 3 aromatic rings. The normalized spacial score (nSPS) is 19.7. The Morgan fingerprint density at radius 3 is 2.36 bits per heavy atom. The Labute approximate surface area is 234 Å². The molecule has 210 valence electrons. The number of carbonyl (C=O) groups is 2. The number of carbonyl (C=O) groups excluding carboxylic acids is 2. The van der Waals surface area contributed by atoms with E-state index >= 15 is 0 Å². The van der Waals surface area contributed by atoms with E-state index in [1.54, 1.807) is 11.3 Å². The van der Waals surface area contributed by atoms with E-state index in [9.17, 15) is 14.7 Å². The number of thiazole rings is 1. The lowest BCUT2D eigenvalue weighted by molar-refractivity contribution is -0.142. The molecule has 1 aliphatic rings. The van der Waals surface area contributed by atoms with Crippen molar-refractivity contribution in [2.24, 2.45) is 5.41 Å². The molecule has 1 aromatic carbocycles. The highest BCUT2D eigenvalue weighted by molar-refractivity contribution is 7.13. The van der Waals surface area contributed by atoms with Gasteiger partial charge in [-0.2, -0.15) is 0 Å². The predicted molar refractivity (Wildman–Crippen MR) is 152 cm³/mol. The van der Waals surface area contributed by atoms with Crippen LogP contribution in [0.1, 0.15) is 89.6 Å². The molecule has 0 radical (unpaired) electrons. The molecule has 1 saturated heterocycles. The summed E-state index contributed by atoms with van der Waals surface area (Å²) >= 11 is 1.60. The number of aryl methyl sites for hydroxylation is 1. The first-order valence-electron chi connectivity index (χ1n) is 13.4. The number of rotatable bonds is 6. The number of benzene rings is 1. The average Bonchev–Trinajstić information content (AvgIpc) is 3.58. The summed E-state index contributed by atoms with van der Waals surface area (Å²) < 4.78 is 5.69. The second-order valence-corrected chi connectivity index (χ2v) is 13.5. The van der Waals surface area contributed by atoms with Crippen LogP contribution in [0.2, 0.25) is 0 Å². The number of aliphatic hydroxyl groups is 1. The Morgan fingerprint density at radius 2 is 1.82 bits per heavy atom. The summed E-state index contributed by atoms with van der Waals surface area (Å²) in [4.78, 5) is 34.4. The van der Waals surface area contributed by atoms with Crippen LogP contribution in [0, 0.1) is 12.3 Å². The van der Waals surface area contributed by atoms with Crippen molar-refractivity contribution in [3.8, 4) is 10.4 Å². The standard InChI is InChI=1S/C30H40N4O4S/c1-17(19-9-11-20(12-10-19)26-18(2)31-16-39-26)32-27(36)22-13-21(35)15-34(22)28(37)25(30(6,7)8)23-14-24(33-38-23)29(3,4)5/h9-12,14,16-17,21-22,25,35H,13,15H2,1-8H3,(H,32,36). The van der Waals surface area contributed by atoms with Gasteiger partial charge in [-0.3, -0.25) is 9.59 Å². The second-order valence-electron chi connectivity index (χ2n) is 12.7. The van der Waals surface area contributed by atoms with E-state index in [2.05, 4.69) is 15.5 Å². The minimum Gasteiger partial charge on any atom is -0.391 e. The van der Waals surface area contributed by atoms with Crippen molar-refractivity contribution < 1.29 is 19.2 Å². The molecule has 2 aromatic heterocycles. The zero-order chi connectivity index (χ0) is 28.7. The third-order valence-electron chi connectivity index (χ3n) is 7.34. The van der Waals surface area contributed by atoms with Gasteiger partial charge in [0.15, 0.2) is 0 Å². The molecule has 4 atom stereocenters. The lowest BCUT2D eigenvalue weighted by Crippen LogP contribution is -2.49. The van der Waals surface area contributed by atoms with Gasteiger partial charge < -0.3 is 19.8 Å². The van der Waals surface area contributed by atoms with Crippen LogP contribution in [0.4, 0.5) is 0 Å². The van der Waals surface area contributed by atoms with Gasteiger partial charge in [-0.05, 0) is 30.4 Å². The summed E-state index contributed by atoms with van der Waals surface area (Å²) in [7, 11) is 0. The van der Waals surface area contributed by atoms with Crippen molar-refractivity contribution in [1.29, 1.82) is 0 Å². The van der Waals surface area contributed by atoms with E-state index < -0.39 is 23.5 Å². The maximum Gasteiger partial charge on any atom is 0.243 e. The van der Waals surface area contributed by atoms with Crippen LogP contribution >= 0.6 is 11.3 Å². The molecular weight excluding hydrogens is 512 g/mol. The first-order chi connectivity index (χ1) is 18.2. The van der Waals surface area contributed by atoms with Crippen LogP contribution in [0.25, 0.3) is 10.4 Å². The van der Waals surface area contributed by atoms with Gasteiger partial charge in [-0.15, -0.1) is 11.3 Å². The summed E-state index contributed by atoms with van der Waals surface area (Å²) in [6, 6.07) is 8.86. The van der Waals surface area contributed by atoms with Crippen molar-refractivity contribution in [2.45, 2.75) is 91.3 Å². The fraction of sp³-hybridized carbons (Fsp3) is 0.533.